The second-order valence-electron chi connectivity index (χ2n) is 5.55. The average Bonchev–Trinajstić information content (AvgIpc) is 2.93. The second kappa shape index (κ2) is 5.90. The Morgan fingerprint density at radius 3 is 2.48 bits per heavy atom. The highest BCUT2D eigenvalue weighted by Gasteiger charge is 2.23. The van der Waals surface area contributed by atoms with Crippen molar-refractivity contribution in [3.05, 3.63) is 51.7 Å². The molecule has 2 heterocycles. The van der Waals surface area contributed by atoms with Crippen molar-refractivity contribution in [1.29, 1.82) is 0 Å². The van der Waals surface area contributed by atoms with Crippen LogP contribution < -0.4 is 4.90 Å². The van der Waals surface area contributed by atoms with Gasteiger partial charge in [0.05, 0.1) is 4.88 Å². The molecule has 1 aliphatic heterocycles. The number of aryl methyl sites for hydroxylation is 2. The Labute approximate surface area is 129 Å². The van der Waals surface area contributed by atoms with Crippen LogP contribution in [0.3, 0.4) is 0 Å². The van der Waals surface area contributed by atoms with Crippen molar-refractivity contribution in [2.24, 2.45) is 0 Å². The predicted molar refractivity (Wildman–Crippen MR) is 88.4 cm³/mol. The van der Waals surface area contributed by atoms with Crippen molar-refractivity contribution < 1.29 is 4.79 Å². The van der Waals surface area contributed by atoms with E-state index in [2.05, 4.69) is 36.1 Å². The Kier molecular flexibility index (Phi) is 3.97. The molecule has 0 atom stereocenters. The first-order valence-electron chi connectivity index (χ1n) is 7.30. The van der Waals surface area contributed by atoms with Gasteiger partial charge >= 0.3 is 0 Å². The van der Waals surface area contributed by atoms with E-state index in [1.165, 1.54) is 11.3 Å². The van der Waals surface area contributed by atoms with E-state index in [1.807, 2.05) is 23.3 Å². The maximum absolute atomic E-state index is 12.5. The van der Waals surface area contributed by atoms with E-state index >= 15 is 0 Å². The van der Waals surface area contributed by atoms with Gasteiger partial charge in [-0.1, -0.05) is 12.1 Å². The van der Waals surface area contributed by atoms with Crippen LogP contribution in [-0.2, 0) is 0 Å². The molecule has 0 spiro atoms. The molecule has 0 unspecified atom stereocenters. The fraction of sp³-hybridized carbons (Fsp3) is 0.353. The standard InChI is InChI=1S/C17H20N2OS/c1-13-4-3-5-15(12-13)18-7-9-19(10-8-18)17(20)16-14(2)6-11-21-16/h3-6,11-12H,7-10H2,1-2H3. The predicted octanol–water partition coefficient (Wildman–Crippen LogP) is 3.33. The molecule has 0 aliphatic carbocycles. The van der Waals surface area contributed by atoms with Crippen molar-refractivity contribution in [1.82, 2.24) is 4.90 Å². The number of hydrogen-bond acceptors (Lipinski definition) is 3. The van der Waals surface area contributed by atoms with Crippen LogP contribution in [0.5, 0.6) is 0 Å². The lowest BCUT2D eigenvalue weighted by Gasteiger charge is -2.36. The molecule has 0 bridgehead atoms. The van der Waals surface area contributed by atoms with Gasteiger partial charge in [0.2, 0.25) is 0 Å². The number of carbonyl (C=O) groups is 1. The first-order chi connectivity index (χ1) is 10.1. The molecule has 1 aromatic heterocycles. The van der Waals surface area contributed by atoms with Crippen LogP contribution in [0, 0.1) is 13.8 Å². The monoisotopic (exact) mass is 300 g/mol. The molecule has 1 aliphatic rings. The van der Waals surface area contributed by atoms with E-state index in [0.717, 1.165) is 36.6 Å². The van der Waals surface area contributed by atoms with E-state index in [0.29, 0.717) is 0 Å². The van der Waals surface area contributed by atoms with E-state index in [9.17, 15) is 4.79 Å². The maximum Gasteiger partial charge on any atom is 0.264 e. The van der Waals surface area contributed by atoms with E-state index in [4.69, 9.17) is 0 Å². The highest BCUT2D eigenvalue weighted by atomic mass is 32.1. The van der Waals surface area contributed by atoms with Crippen LogP contribution in [0.4, 0.5) is 5.69 Å². The van der Waals surface area contributed by atoms with E-state index < -0.39 is 0 Å². The van der Waals surface area contributed by atoms with Gasteiger partial charge in [0, 0.05) is 31.9 Å². The maximum atomic E-state index is 12.5. The molecular formula is C17H20N2OS. The summed E-state index contributed by atoms with van der Waals surface area (Å²) < 4.78 is 0. The Bertz CT molecular complexity index is 642. The summed E-state index contributed by atoms with van der Waals surface area (Å²) in [5.74, 6) is 0.186. The highest BCUT2D eigenvalue weighted by molar-refractivity contribution is 7.12. The van der Waals surface area contributed by atoms with Crippen molar-refractivity contribution >= 4 is 22.9 Å². The number of anilines is 1. The normalized spacial score (nSPS) is 15.3. The number of rotatable bonds is 2. The van der Waals surface area contributed by atoms with Crippen LogP contribution in [0.15, 0.2) is 35.7 Å². The fourth-order valence-electron chi connectivity index (χ4n) is 2.73. The molecule has 1 fully saturated rings. The summed E-state index contributed by atoms with van der Waals surface area (Å²) in [5.41, 5.74) is 3.63. The second-order valence-corrected chi connectivity index (χ2v) is 6.47. The number of nitrogens with zero attached hydrogens (tertiary/aromatic N) is 2. The highest BCUT2D eigenvalue weighted by Crippen LogP contribution is 2.21. The lowest BCUT2D eigenvalue weighted by atomic mass is 10.2. The van der Waals surface area contributed by atoms with Gasteiger partial charge in [-0.2, -0.15) is 0 Å². The molecule has 0 radical (unpaired) electrons. The smallest absolute Gasteiger partial charge is 0.264 e. The fourth-order valence-corrected chi connectivity index (χ4v) is 3.62. The Balaban J connectivity index is 1.65. The number of amides is 1. The van der Waals surface area contributed by atoms with Gasteiger partial charge in [-0.05, 0) is 48.6 Å². The zero-order valence-corrected chi connectivity index (χ0v) is 13.3. The van der Waals surface area contributed by atoms with Crippen molar-refractivity contribution in [2.45, 2.75) is 13.8 Å². The third-order valence-corrected chi connectivity index (χ3v) is 4.99. The zero-order valence-electron chi connectivity index (χ0n) is 12.5. The molecule has 1 aromatic carbocycles. The zero-order chi connectivity index (χ0) is 14.8. The number of carbonyl (C=O) groups excluding carboxylic acids is 1. The molecule has 2 aromatic rings. The van der Waals surface area contributed by atoms with Crippen LogP contribution >= 0.6 is 11.3 Å². The molecule has 110 valence electrons. The third-order valence-electron chi connectivity index (χ3n) is 3.99. The Hall–Kier alpha value is -1.81. The van der Waals surface area contributed by atoms with Crippen molar-refractivity contribution in [3.8, 4) is 0 Å². The summed E-state index contributed by atoms with van der Waals surface area (Å²) in [5, 5.41) is 1.99. The topological polar surface area (TPSA) is 23.6 Å². The number of piperazine rings is 1. The minimum Gasteiger partial charge on any atom is -0.368 e. The first-order valence-corrected chi connectivity index (χ1v) is 8.18. The van der Waals surface area contributed by atoms with Crippen LogP contribution in [0.2, 0.25) is 0 Å². The van der Waals surface area contributed by atoms with Crippen LogP contribution in [0.25, 0.3) is 0 Å². The van der Waals surface area contributed by atoms with Crippen molar-refractivity contribution in [2.75, 3.05) is 31.1 Å². The number of thiophene rings is 1. The molecule has 3 nitrogen and oxygen atoms in total. The lowest BCUT2D eigenvalue weighted by Crippen LogP contribution is -2.48. The van der Waals surface area contributed by atoms with E-state index in [1.54, 1.807) is 11.3 Å². The summed E-state index contributed by atoms with van der Waals surface area (Å²) >= 11 is 1.55. The molecule has 0 saturated carbocycles. The summed E-state index contributed by atoms with van der Waals surface area (Å²) in [6, 6.07) is 10.6. The van der Waals surface area contributed by atoms with Gasteiger partial charge in [0.15, 0.2) is 0 Å². The van der Waals surface area contributed by atoms with Crippen molar-refractivity contribution in [3.63, 3.8) is 0 Å². The molecule has 0 N–H and O–H groups in total. The molecule has 4 heteroatoms. The van der Waals surface area contributed by atoms with Gasteiger partial charge in [-0.15, -0.1) is 11.3 Å². The summed E-state index contributed by atoms with van der Waals surface area (Å²) in [7, 11) is 0. The van der Waals surface area contributed by atoms with Gasteiger partial charge in [-0.25, -0.2) is 0 Å². The Morgan fingerprint density at radius 1 is 1.10 bits per heavy atom. The van der Waals surface area contributed by atoms with Gasteiger partial charge < -0.3 is 9.80 Å². The SMILES string of the molecule is Cc1cccc(N2CCN(C(=O)c3sccc3C)CC2)c1. The number of hydrogen-bond donors (Lipinski definition) is 0. The summed E-state index contributed by atoms with van der Waals surface area (Å²) in [4.78, 5) is 17.7. The van der Waals surface area contributed by atoms with Gasteiger partial charge in [-0.3, -0.25) is 4.79 Å². The quantitative estimate of drug-likeness (QED) is 0.849. The number of benzene rings is 1. The average molecular weight is 300 g/mol. The third kappa shape index (κ3) is 2.95. The van der Waals surface area contributed by atoms with Crippen LogP contribution in [0.1, 0.15) is 20.8 Å². The molecule has 3 rings (SSSR count). The van der Waals surface area contributed by atoms with E-state index in [-0.39, 0.29) is 5.91 Å². The minimum absolute atomic E-state index is 0.186. The molecule has 21 heavy (non-hydrogen) atoms. The summed E-state index contributed by atoms with van der Waals surface area (Å²) in [6.07, 6.45) is 0. The van der Waals surface area contributed by atoms with Crippen LogP contribution in [-0.4, -0.2) is 37.0 Å². The first kappa shape index (κ1) is 14.1. The summed E-state index contributed by atoms with van der Waals surface area (Å²) in [6.45, 7) is 7.52. The molecule has 1 saturated heterocycles. The largest absolute Gasteiger partial charge is 0.368 e. The minimum atomic E-state index is 0.186. The Morgan fingerprint density at radius 2 is 1.86 bits per heavy atom. The lowest BCUT2D eigenvalue weighted by molar-refractivity contribution is 0.0751. The molecule has 1 amide bonds. The van der Waals surface area contributed by atoms with Gasteiger partial charge in [0.1, 0.15) is 0 Å². The van der Waals surface area contributed by atoms with Gasteiger partial charge in [0.25, 0.3) is 5.91 Å². The molecular weight excluding hydrogens is 280 g/mol.